The van der Waals surface area contributed by atoms with Gasteiger partial charge < -0.3 is 14.0 Å². The van der Waals surface area contributed by atoms with Crippen molar-refractivity contribution in [3.63, 3.8) is 0 Å². The Balaban J connectivity index is 1.61. The average Bonchev–Trinajstić information content (AvgIpc) is 3.14. The molecule has 8 nitrogen and oxygen atoms in total. The number of ether oxygens (including phenoxy) is 1. The molecule has 2 heterocycles. The highest BCUT2D eigenvalue weighted by molar-refractivity contribution is 7.90. The van der Waals surface area contributed by atoms with Crippen molar-refractivity contribution in [3.8, 4) is 5.75 Å². The standard InChI is InChI=1S/C22H25BFN3O5S/c1-21(2)22(3,4)32-23(31-21)15-8-9-16-19(12-15)33(28,29)26-20(16)27(5)25-13-14-7-10-17(24)18(11-14)30-6/h7-13H,1-6H3/b25-13+. The predicted octanol–water partition coefficient (Wildman–Crippen LogP) is 2.55. The summed E-state index contributed by atoms with van der Waals surface area (Å²) < 4.78 is 60.1. The lowest BCUT2D eigenvalue weighted by molar-refractivity contribution is 0.00578. The molecule has 174 valence electrons. The van der Waals surface area contributed by atoms with Crippen LogP contribution in [0, 0.1) is 5.82 Å². The molecule has 4 rings (SSSR count). The van der Waals surface area contributed by atoms with E-state index in [-0.39, 0.29) is 16.5 Å². The average molecular weight is 473 g/mol. The summed E-state index contributed by atoms with van der Waals surface area (Å²) in [6.07, 6.45) is 1.47. The Labute approximate surface area is 193 Å². The molecule has 0 radical (unpaired) electrons. The van der Waals surface area contributed by atoms with Crippen LogP contribution >= 0.6 is 0 Å². The van der Waals surface area contributed by atoms with Gasteiger partial charge in [-0.25, -0.2) is 9.40 Å². The molecule has 2 aliphatic rings. The lowest BCUT2D eigenvalue weighted by Gasteiger charge is -2.32. The van der Waals surface area contributed by atoms with E-state index in [1.54, 1.807) is 19.2 Å². The molecule has 1 fully saturated rings. The molecule has 0 bridgehead atoms. The molecule has 2 aromatic carbocycles. The van der Waals surface area contributed by atoms with Gasteiger partial charge >= 0.3 is 7.12 Å². The molecule has 33 heavy (non-hydrogen) atoms. The third kappa shape index (κ3) is 4.16. The Morgan fingerprint density at radius 3 is 2.42 bits per heavy atom. The van der Waals surface area contributed by atoms with E-state index in [0.29, 0.717) is 16.6 Å². The summed E-state index contributed by atoms with van der Waals surface area (Å²) in [5.41, 5.74) is 0.506. The third-order valence-corrected chi connectivity index (χ3v) is 7.43. The van der Waals surface area contributed by atoms with Crippen molar-refractivity contribution >= 4 is 34.7 Å². The summed E-state index contributed by atoms with van der Waals surface area (Å²) in [6.45, 7) is 7.73. The van der Waals surface area contributed by atoms with E-state index in [1.807, 2.05) is 27.7 Å². The lowest BCUT2D eigenvalue weighted by atomic mass is 9.79. The van der Waals surface area contributed by atoms with Crippen LogP contribution in [0.4, 0.5) is 4.39 Å². The summed E-state index contributed by atoms with van der Waals surface area (Å²) in [6, 6.07) is 9.26. The fourth-order valence-electron chi connectivity index (χ4n) is 3.47. The zero-order valence-electron chi connectivity index (χ0n) is 19.3. The number of benzene rings is 2. The first-order chi connectivity index (χ1) is 15.3. The highest BCUT2D eigenvalue weighted by Crippen LogP contribution is 2.37. The molecule has 2 aliphatic heterocycles. The van der Waals surface area contributed by atoms with Crippen LogP contribution < -0.4 is 10.2 Å². The van der Waals surface area contributed by atoms with E-state index in [2.05, 4.69) is 9.50 Å². The number of fused-ring (bicyclic) bond motifs is 1. The first-order valence-electron chi connectivity index (χ1n) is 10.3. The van der Waals surface area contributed by atoms with Gasteiger partial charge in [0.2, 0.25) is 0 Å². The number of sulfonamides is 1. The number of halogens is 1. The quantitative estimate of drug-likeness (QED) is 0.385. The van der Waals surface area contributed by atoms with E-state index in [1.165, 1.54) is 42.6 Å². The fraction of sp³-hybridized carbons (Fsp3) is 0.364. The van der Waals surface area contributed by atoms with Crippen LogP contribution in [0.25, 0.3) is 0 Å². The molecule has 0 amide bonds. The van der Waals surface area contributed by atoms with Crippen molar-refractivity contribution in [3.05, 3.63) is 53.3 Å². The summed E-state index contributed by atoms with van der Waals surface area (Å²) in [7, 11) is -1.65. The van der Waals surface area contributed by atoms with Crippen LogP contribution in [0.5, 0.6) is 5.75 Å². The van der Waals surface area contributed by atoms with Crippen LogP contribution in [0.15, 0.2) is 50.8 Å². The van der Waals surface area contributed by atoms with Crippen molar-refractivity contribution in [1.29, 1.82) is 0 Å². The molecule has 0 saturated carbocycles. The smallest absolute Gasteiger partial charge is 0.494 e. The van der Waals surface area contributed by atoms with Crippen LogP contribution in [-0.4, -0.2) is 58.0 Å². The monoisotopic (exact) mass is 473 g/mol. The molecule has 0 atom stereocenters. The van der Waals surface area contributed by atoms with Gasteiger partial charge in [-0.1, -0.05) is 18.2 Å². The lowest BCUT2D eigenvalue weighted by Crippen LogP contribution is -2.41. The maximum Gasteiger partial charge on any atom is 0.494 e. The van der Waals surface area contributed by atoms with Gasteiger partial charge in [0.1, 0.15) is 4.90 Å². The topological polar surface area (TPSA) is 89.8 Å². The van der Waals surface area contributed by atoms with E-state index in [9.17, 15) is 12.8 Å². The third-order valence-electron chi connectivity index (χ3n) is 6.12. The molecular weight excluding hydrogens is 448 g/mol. The summed E-state index contributed by atoms with van der Waals surface area (Å²) in [5.74, 6) is -0.222. The van der Waals surface area contributed by atoms with Crippen LogP contribution in [0.3, 0.4) is 0 Å². The minimum absolute atomic E-state index is 0.0650. The number of rotatable bonds is 4. The van der Waals surface area contributed by atoms with E-state index >= 15 is 0 Å². The SMILES string of the molecule is COc1cc(/C=N/N(C)C2=NS(=O)(=O)c3cc(B4OC(C)(C)C(C)(C)O4)ccc32)ccc1F. The summed E-state index contributed by atoms with van der Waals surface area (Å²) in [4.78, 5) is 0.0650. The second-order valence-electron chi connectivity index (χ2n) is 8.90. The highest BCUT2D eigenvalue weighted by atomic mass is 32.2. The molecule has 2 aromatic rings. The van der Waals surface area contributed by atoms with Crippen molar-refractivity contribution in [2.45, 2.75) is 43.8 Å². The number of hydrogen-bond donors (Lipinski definition) is 0. The number of hydrazone groups is 1. The Hall–Kier alpha value is -2.76. The van der Waals surface area contributed by atoms with Crippen molar-refractivity contribution < 1.29 is 26.9 Å². The fourth-order valence-corrected chi connectivity index (χ4v) is 4.74. The molecule has 1 saturated heterocycles. The highest BCUT2D eigenvalue weighted by Gasteiger charge is 2.52. The molecule has 0 unspecified atom stereocenters. The van der Waals surface area contributed by atoms with Gasteiger partial charge in [-0.3, -0.25) is 0 Å². The Bertz CT molecular complexity index is 1260. The van der Waals surface area contributed by atoms with Gasteiger partial charge in [0, 0.05) is 12.6 Å². The summed E-state index contributed by atoms with van der Waals surface area (Å²) in [5, 5.41) is 5.62. The van der Waals surface area contributed by atoms with Crippen LogP contribution in [0.1, 0.15) is 38.8 Å². The molecule has 11 heteroatoms. The second kappa shape index (κ2) is 7.93. The molecule has 0 aromatic heterocycles. The number of hydrogen-bond acceptors (Lipinski definition) is 7. The van der Waals surface area contributed by atoms with Gasteiger partial charge in [0.25, 0.3) is 10.0 Å². The zero-order valence-corrected chi connectivity index (χ0v) is 20.1. The van der Waals surface area contributed by atoms with Gasteiger partial charge in [0.15, 0.2) is 17.4 Å². The Morgan fingerprint density at radius 1 is 1.12 bits per heavy atom. The largest absolute Gasteiger partial charge is 0.494 e. The van der Waals surface area contributed by atoms with Crippen molar-refractivity contribution in [1.82, 2.24) is 5.01 Å². The van der Waals surface area contributed by atoms with Gasteiger partial charge in [-0.05, 0) is 56.9 Å². The molecule has 0 spiro atoms. The van der Waals surface area contributed by atoms with E-state index < -0.39 is 34.2 Å². The molecule has 0 N–H and O–H groups in total. The van der Waals surface area contributed by atoms with Gasteiger partial charge in [-0.15, -0.1) is 4.40 Å². The Morgan fingerprint density at radius 2 is 1.79 bits per heavy atom. The predicted molar refractivity (Wildman–Crippen MR) is 124 cm³/mol. The first-order valence-corrected chi connectivity index (χ1v) is 11.7. The zero-order chi connectivity index (χ0) is 24.2. The minimum atomic E-state index is -3.92. The van der Waals surface area contributed by atoms with Crippen molar-refractivity contribution in [2.24, 2.45) is 9.50 Å². The van der Waals surface area contributed by atoms with Gasteiger partial charge in [-0.2, -0.15) is 13.5 Å². The first kappa shape index (κ1) is 23.4. The minimum Gasteiger partial charge on any atom is -0.494 e. The maximum atomic E-state index is 13.6. The summed E-state index contributed by atoms with van der Waals surface area (Å²) >= 11 is 0. The molecule has 0 aliphatic carbocycles. The number of methoxy groups -OCH3 is 1. The number of amidine groups is 1. The Kier molecular flexibility index (Phi) is 5.62. The molecular formula is C22H25BFN3O5S. The number of nitrogens with zero attached hydrogens (tertiary/aromatic N) is 3. The van der Waals surface area contributed by atoms with E-state index in [0.717, 1.165) is 0 Å². The second-order valence-corrected chi connectivity index (χ2v) is 10.5. The van der Waals surface area contributed by atoms with Crippen LogP contribution in [-0.2, 0) is 19.3 Å². The van der Waals surface area contributed by atoms with E-state index in [4.69, 9.17) is 14.0 Å². The van der Waals surface area contributed by atoms with Crippen LogP contribution in [0.2, 0.25) is 0 Å². The van der Waals surface area contributed by atoms with Crippen molar-refractivity contribution in [2.75, 3.05) is 14.2 Å². The normalized spacial score (nSPS) is 20.1. The van der Waals surface area contributed by atoms with Gasteiger partial charge in [0.05, 0.1) is 24.5 Å². The maximum absolute atomic E-state index is 13.6.